The van der Waals surface area contributed by atoms with E-state index in [0.29, 0.717) is 5.88 Å². The lowest BCUT2D eigenvalue weighted by Gasteiger charge is -2.13. The zero-order valence-corrected chi connectivity index (χ0v) is 11.7. The number of alkyl halides is 1. The molecule has 2 aromatic carbocycles. The first kappa shape index (κ1) is 13.0. The summed E-state index contributed by atoms with van der Waals surface area (Å²) >= 11 is 5.96. The Kier molecular flexibility index (Phi) is 3.93. The molecule has 2 rings (SSSR count). The summed E-state index contributed by atoms with van der Waals surface area (Å²) in [6, 6.07) is 12.3. The molecule has 0 saturated carbocycles. The van der Waals surface area contributed by atoms with Gasteiger partial charge in [0, 0.05) is 5.56 Å². The van der Waals surface area contributed by atoms with Crippen LogP contribution in [0.1, 0.15) is 22.3 Å². The maximum absolute atomic E-state index is 5.98. The summed E-state index contributed by atoms with van der Waals surface area (Å²) in [7, 11) is 0. The van der Waals surface area contributed by atoms with Crippen molar-refractivity contribution < 1.29 is 4.74 Å². The molecule has 1 nitrogen and oxygen atoms in total. The SMILES string of the molecule is Cc1ccc(Oc2cc(C)ccc2C)c(CCl)c1. The zero-order valence-electron chi connectivity index (χ0n) is 11.0. The molecule has 0 aliphatic heterocycles. The summed E-state index contributed by atoms with van der Waals surface area (Å²) in [6.07, 6.45) is 0. The van der Waals surface area contributed by atoms with E-state index in [2.05, 4.69) is 32.0 Å². The van der Waals surface area contributed by atoms with Crippen LogP contribution in [-0.2, 0) is 5.88 Å². The van der Waals surface area contributed by atoms with Crippen LogP contribution in [0.3, 0.4) is 0 Å². The fraction of sp³-hybridized carbons (Fsp3) is 0.250. The van der Waals surface area contributed by atoms with Crippen molar-refractivity contribution in [2.24, 2.45) is 0 Å². The topological polar surface area (TPSA) is 9.23 Å². The maximum Gasteiger partial charge on any atom is 0.131 e. The lowest BCUT2D eigenvalue weighted by atomic mass is 10.1. The molecule has 2 heteroatoms. The van der Waals surface area contributed by atoms with Gasteiger partial charge in [0.1, 0.15) is 11.5 Å². The molecule has 0 fully saturated rings. The Labute approximate surface area is 113 Å². The standard InChI is InChI=1S/C16H17ClO/c1-11-5-7-15(14(8-11)10-17)18-16-9-12(2)4-6-13(16)3/h4-9H,10H2,1-3H3. The molecule has 0 aliphatic carbocycles. The second-order valence-corrected chi connectivity index (χ2v) is 4.88. The molecule has 2 aromatic rings. The van der Waals surface area contributed by atoms with E-state index < -0.39 is 0 Å². The minimum atomic E-state index is 0.460. The minimum absolute atomic E-state index is 0.460. The normalized spacial score (nSPS) is 10.4. The number of aryl methyl sites for hydroxylation is 3. The van der Waals surface area contributed by atoms with Crippen molar-refractivity contribution in [1.29, 1.82) is 0 Å². The van der Waals surface area contributed by atoms with Gasteiger partial charge in [0.15, 0.2) is 0 Å². The van der Waals surface area contributed by atoms with E-state index in [4.69, 9.17) is 16.3 Å². The monoisotopic (exact) mass is 260 g/mol. The Hall–Kier alpha value is -1.47. The van der Waals surface area contributed by atoms with Gasteiger partial charge in [-0.25, -0.2) is 0 Å². The molecule has 0 unspecified atom stereocenters. The van der Waals surface area contributed by atoms with Crippen LogP contribution in [0.15, 0.2) is 36.4 Å². The quantitative estimate of drug-likeness (QED) is 0.694. The van der Waals surface area contributed by atoms with Crippen LogP contribution in [0.25, 0.3) is 0 Å². The molecule has 0 N–H and O–H groups in total. The van der Waals surface area contributed by atoms with Crippen molar-refractivity contribution in [3.05, 3.63) is 58.7 Å². The van der Waals surface area contributed by atoms with Crippen LogP contribution < -0.4 is 4.74 Å². The maximum atomic E-state index is 5.98. The first-order chi connectivity index (χ1) is 8.60. The van der Waals surface area contributed by atoms with Crippen molar-refractivity contribution in [2.75, 3.05) is 0 Å². The van der Waals surface area contributed by atoms with Gasteiger partial charge < -0.3 is 4.74 Å². The molecule has 18 heavy (non-hydrogen) atoms. The van der Waals surface area contributed by atoms with Crippen LogP contribution in [-0.4, -0.2) is 0 Å². The molecule has 0 aliphatic rings. The third-order valence-electron chi connectivity index (χ3n) is 2.92. The van der Waals surface area contributed by atoms with Crippen molar-refractivity contribution in [2.45, 2.75) is 26.7 Å². The molecule has 0 spiro atoms. The largest absolute Gasteiger partial charge is 0.457 e. The van der Waals surface area contributed by atoms with Gasteiger partial charge in [0.05, 0.1) is 5.88 Å². The zero-order chi connectivity index (χ0) is 13.1. The lowest BCUT2D eigenvalue weighted by Crippen LogP contribution is -1.93. The predicted molar refractivity (Wildman–Crippen MR) is 76.7 cm³/mol. The second kappa shape index (κ2) is 5.45. The highest BCUT2D eigenvalue weighted by atomic mass is 35.5. The fourth-order valence-electron chi connectivity index (χ4n) is 1.85. The first-order valence-corrected chi connectivity index (χ1v) is 6.54. The van der Waals surface area contributed by atoms with Gasteiger partial charge >= 0.3 is 0 Å². The van der Waals surface area contributed by atoms with Gasteiger partial charge in [-0.2, -0.15) is 0 Å². The Morgan fingerprint density at radius 3 is 2.28 bits per heavy atom. The summed E-state index contributed by atoms with van der Waals surface area (Å²) in [5.41, 5.74) is 4.54. The number of rotatable bonds is 3. The van der Waals surface area contributed by atoms with Crippen molar-refractivity contribution >= 4 is 11.6 Å². The molecule has 0 aromatic heterocycles. The van der Waals surface area contributed by atoms with Crippen LogP contribution in [0.2, 0.25) is 0 Å². The van der Waals surface area contributed by atoms with Gasteiger partial charge in [-0.1, -0.05) is 29.8 Å². The first-order valence-electron chi connectivity index (χ1n) is 6.01. The lowest BCUT2D eigenvalue weighted by molar-refractivity contribution is 0.474. The number of hydrogen-bond acceptors (Lipinski definition) is 1. The van der Waals surface area contributed by atoms with E-state index in [9.17, 15) is 0 Å². The van der Waals surface area contributed by atoms with Crippen molar-refractivity contribution in [3.63, 3.8) is 0 Å². The minimum Gasteiger partial charge on any atom is -0.457 e. The predicted octanol–water partition coefficient (Wildman–Crippen LogP) is 5.14. The summed E-state index contributed by atoms with van der Waals surface area (Å²) in [4.78, 5) is 0. The molecule has 0 heterocycles. The van der Waals surface area contributed by atoms with Crippen LogP contribution in [0, 0.1) is 20.8 Å². The molecule has 0 bridgehead atoms. The van der Waals surface area contributed by atoms with Gasteiger partial charge in [-0.05, 0) is 44.0 Å². The molecule has 0 saturated heterocycles. The van der Waals surface area contributed by atoms with Crippen LogP contribution in [0.4, 0.5) is 0 Å². The van der Waals surface area contributed by atoms with E-state index in [1.807, 2.05) is 25.1 Å². The average Bonchev–Trinajstić information content (AvgIpc) is 2.36. The number of halogens is 1. The number of benzene rings is 2. The molecule has 0 radical (unpaired) electrons. The number of ether oxygens (including phenoxy) is 1. The van der Waals surface area contributed by atoms with Crippen LogP contribution in [0.5, 0.6) is 11.5 Å². The van der Waals surface area contributed by atoms with Crippen LogP contribution >= 0.6 is 11.6 Å². The number of hydrogen-bond donors (Lipinski definition) is 0. The van der Waals surface area contributed by atoms with Gasteiger partial charge in [-0.3, -0.25) is 0 Å². The van der Waals surface area contributed by atoms with Gasteiger partial charge in [0.2, 0.25) is 0 Å². The van der Waals surface area contributed by atoms with Gasteiger partial charge in [-0.15, -0.1) is 11.6 Å². The van der Waals surface area contributed by atoms with E-state index in [1.54, 1.807) is 0 Å². The Bertz CT molecular complexity index is 561. The fourth-order valence-corrected chi connectivity index (χ4v) is 2.06. The van der Waals surface area contributed by atoms with E-state index >= 15 is 0 Å². The highest BCUT2D eigenvalue weighted by Crippen LogP contribution is 2.30. The Morgan fingerprint density at radius 1 is 0.889 bits per heavy atom. The smallest absolute Gasteiger partial charge is 0.131 e. The molecular formula is C16H17ClO. The third-order valence-corrected chi connectivity index (χ3v) is 3.21. The Balaban J connectivity index is 2.36. The Morgan fingerprint density at radius 2 is 1.56 bits per heavy atom. The third kappa shape index (κ3) is 2.85. The molecule has 0 amide bonds. The summed E-state index contributed by atoms with van der Waals surface area (Å²) in [5.74, 6) is 2.19. The average molecular weight is 261 g/mol. The summed E-state index contributed by atoms with van der Waals surface area (Å²) in [5, 5.41) is 0. The summed E-state index contributed by atoms with van der Waals surface area (Å²) < 4.78 is 5.98. The highest BCUT2D eigenvalue weighted by Gasteiger charge is 2.06. The van der Waals surface area contributed by atoms with E-state index in [-0.39, 0.29) is 0 Å². The van der Waals surface area contributed by atoms with Crippen molar-refractivity contribution in [1.82, 2.24) is 0 Å². The highest BCUT2D eigenvalue weighted by molar-refractivity contribution is 6.17. The van der Waals surface area contributed by atoms with E-state index in [0.717, 1.165) is 22.6 Å². The summed E-state index contributed by atoms with van der Waals surface area (Å²) in [6.45, 7) is 6.16. The van der Waals surface area contributed by atoms with E-state index in [1.165, 1.54) is 11.1 Å². The molecule has 0 atom stereocenters. The molecule has 94 valence electrons. The second-order valence-electron chi connectivity index (χ2n) is 4.62. The van der Waals surface area contributed by atoms with Gasteiger partial charge in [0.25, 0.3) is 0 Å². The molecular weight excluding hydrogens is 244 g/mol. The van der Waals surface area contributed by atoms with Crippen molar-refractivity contribution in [3.8, 4) is 11.5 Å².